The molecule has 5 nitrogen and oxygen atoms in total. The second-order valence-electron chi connectivity index (χ2n) is 5.74. The third kappa shape index (κ3) is 2.71. The number of benzene rings is 2. The van der Waals surface area contributed by atoms with Gasteiger partial charge in [0.05, 0.1) is 0 Å². The lowest BCUT2D eigenvalue weighted by Gasteiger charge is -2.36. The molecule has 2 aromatic rings. The summed E-state index contributed by atoms with van der Waals surface area (Å²) in [6.45, 7) is 1.95. The van der Waals surface area contributed by atoms with Gasteiger partial charge in [-0.2, -0.15) is 0 Å². The van der Waals surface area contributed by atoms with Crippen molar-refractivity contribution in [2.45, 2.75) is 13.2 Å². The highest BCUT2D eigenvalue weighted by atomic mass is 16.3. The average molecular weight is 310 g/mol. The van der Waals surface area contributed by atoms with Gasteiger partial charge in [-0.15, -0.1) is 0 Å². The molecule has 2 aromatic carbocycles. The lowest BCUT2D eigenvalue weighted by molar-refractivity contribution is -0.121. The van der Waals surface area contributed by atoms with Gasteiger partial charge in [0.2, 0.25) is 5.91 Å². The second kappa shape index (κ2) is 5.85. The fourth-order valence-electron chi connectivity index (χ4n) is 2.77. The molecule has 0 saturated carbocycles. The second-order valence-corrected chi connectivity index (χ2v) is 5.74. The number of aliphatic hydroxyl groups excluding tert-OH is 1. The number of anilines is 2. The number of rotatable bonds is 2. The first-order chi connectivity index (χ1) is 11.0. The Bertz CT molecular complexity index is 755. The highest BCUT2D eigenvalue weighted by Gasteiger charge is 2.42. The van der Waals surface area contributed by atoms with Crippen molar-refractivity contribution in [3.8, 4) is 0 Å². The van der Waals surface area contributed by atoms with E-state index in [9.17, 15) is 14.7 Å². The van der Waals surface area contributed by atoms with Gasteiger partial charge in [0.25, 0.3) is 0 Å². The van der Waals surface area contributed by atoms with Crippen molar-refractivity contribution in [3.63, 3.8) is 0 Å². The Balaban J connectivity index is 1.88. The predicted molar refractivity (Wildman–Crippen MR) is 88.5 cm³/mol. The normalized spacial score (nSPS) is 20.1. The van der Waals surface area contributed by atoms with E-state index in [-0.39, 0.29) is 5.78 Å². The molecule has 0 saturated heterocycles. The molecule has 2 atom stereocenters. The van der Waals surface area contributed by atoms with Crippen LogP contribution in [0.4, 0.5) is 11.4 Å². The minimum Gasteiger partial charge on any atom is -0.372 e. The molecule has 0 fully saturated rings. The Morgan fingerprint density at radius 1 is 1.13 bits per heavy atom. The Morgan fingerprint density at radius 3 is 2.48 bits per heavy atom. The molecule has 118 valence electrons. The third-order valence-electron chi connectivity index (χ3n) is 4.13. The fraction of sp³-hybridized carbons (Fsp3) is 0.222. The number of carbonyl (C=O) groups is 2. The minimum absolute atomic E-state index is 0.365. The maximum absolute atomic E-state index is 12.6. The number of Topliss-reactive ketones (excluding diaryl/α,β-unsaturated/α-hetero) is 1. The summed E-state index contributed by atoms with van der Waals surface area (Å²) in [5.41, 5.74) is 2.75. The van der Waals surface area contributed by atoms with Crippen LogP contribution >= 0.6 is 0 Å². The number of hydrogen-bond acceptors (Lipinski definition) is 4. The number of aliphatic hydroxyl groups is 1. The molecular formula is C18H18N2O3. The molecule has 2 N–H and O–H groups in total. The Hall–Kier alpha value is -2.66. The molecule has 23 heavy (non-hydrogen) atoms. The van der Waals surface area contributed by atoms with Crippen LogP contribution in [0, 0.1) is 12.8 Å². The van der Waals surface area contributed by atoms with Crippen molar-refractivity contribution >= 4 is 23.1 Å². The van der Waals surface area contributed by atoms with Crippen molar-refractivity contribution in [2.75, 3.05) is 17.3 Å². The number of amides is 1. The van der Waals surface area contributed by atoms with Gasteiger partial charge in [-0.3, -0.25) is 9.59 Å². The summed E-state index contributed by atoms with van der Waals surface area (Å²) in [6, 6.07) is 14.2. The third-order valence-corrected chi connectivity index (χ3v) is 4.13. The molecule has 1 heterocycles. The molecule has 3 rings (SSSR count). The maximum atomic E-state index is 12.6. The summed E-state index contributed by atoms with van der Waals surface area (Å²) in [5, 5.41) is 13.1. The highest BCUT2D eigenvalue weighted by molar-refractivity contribution is 6.17. The number of aryl methyl sites for hydroxylation is 1. The van der Waals surface area contributed by atoms with Crippen LogP contribution in [0.2, 0.25) is 0 Å². The van der Waals surface area contributed by atoms with Crippen LogP contribution in [-0.4, -0.2) is 30.1 Å². The molecule has 1 aliphatic rings. The largest absolute Gasteiger partial charge is 0.372 e. The first-order valence-corrected chi connectivity index (χ1v) is 7.40. The van der Waals surface area contributed by atoms with Crippen molar-refractivity contribution < 1.29 is 14.7 Å². The van der Waals surface area contributed by atoms with Crippen LogP contribution in [0.25, 0.3) is 0 Å². The van der Waals surface area contributed by atoms with Gasteiger partial charge in [-0.05, 0) is 31.2 Å². The number of nitrogens with zero attached hydrogens (tertiary/aromatic N) is 1. The summed E-state index contributed by atoms with van der Waals surface area (Å²) >= 11 is 0. The van der Waals surface area contributed by atoms with E-state index < -0.39 is 18.1 Å². The summed E-state index contributed by atoms with van der Waals surface area (Å²) in [5.74, 6) is -2.03. The SMILES string of the molecule is Cc1ccc(NC(=O)C2C(=O)c3ccccc3N(C)C2O)cc1. The van der Waals surface area contributed by atoms with Crippen molar-refractivity contribution in [1.82, 2.24) is 0 Å². The van der Waals surface area contributed by atoms with Gasteiger partial charge in [0, 0.05) is 24.0 Å². The zero-order valence-corrected chi connectivity index (χ0v) is 13.0. The van der Waals surface area contributed by atoms with Gasteiger partial charge < -0.3 is 15.3 Å². The highest BCUT2D eigenvalue weighted by Crippen LogP contribution is 2.32. The van der Waals surface area contributed by atoms with Crippen LogP contribution in [0.3, 0.4) is 0 Å². The Labute approximate surface area is 134 Å². The van der Waals surface area contributed by atoms with E-state index in [0.717, 1.165) is 5.56 Å². The smallest absolute Gasteiger partial charge is 0.239 e. The van der Waals surface area contributed by atoms with Gasteiger partial charge in [0.15, 0.2) is 5.78 Å². The minimum atomic E-state index is -1.19. The number of ketones is 1. The first-order valence-electron chi connectivity index (χ1n) is 7.40. The molecule has 0 aromatic heterocycles. The maximum Gasteiger partial charge on any atom is 0.239 e. The van der Waals surface area contributed by atoms with Crippen LogP contribution in [-0.2, 0) is 4.79 Å². The molecule has 0 spiro atoms. The molecular weight excluding hydrogens is 292 g/mol. The molecule has 1 aliphatic heterocycles. The number of hydrogen-bond donors (Lipinski definition) is 2. The number of para-hydroxylation sites is 1. The van der Waals surface area contributed by atoms with Crippen molar-refractivity contribution in [1.29, 1.82) is 0 Å². The van der Waals surface area contributed by atoms with Crippen LogP contribution in [0.5, 0.6) is 0 Å². The first kappa shape index (κ1) is 15.2. The van der Waals surface area contributed by atoms with Crippen molar-refractivity contribution in [3.05, 3.63) is 59.7 Å². The van der Waals surface area contributed by atoms with Crippen molar-refractivity contribution in [2.24, 2.45) is 5.92 Å². The number of fused-ring (bicyclic) bond motifs is 1. The molecule has 0 bridgehead atoms. The molecule has 5 heteroatoms. The van der Waals surface area contributed by atoms with E-state index in [1.807, 2.05) is 19.1 Å². The summed E-state index contributed by atoms with van der Waals surface area (Å²) in [7, 11) is 1.67. The summed E-state index contributed by atoms with van der Waals surface area (Å²) in [6.07, 6.45) is -1.19. The predicted octanol–water partition coefficient (Wildman–Crippen LogP) is 2.20. The van der Waals surface area contributed by atoms with E-state index in [4.69, 9.17) is 0 Å². The lowest BCUT2D eigenvalue weighted by Crippen LogP contribution is -2.51. The fourth-order valence-corrected chi connectivity index (χ4v) is 2.77. The van der Waals surface area contributed by atoms with Gasteiger partial charge in [-0.1, -0.05) is 29.8 Å². The zero-order chi connectivity index (χ0) is 16.6. The molecule has 1 amide bonds. The molecule has 0 radical (unpaired) electrons. The number of carbonyl (C=O) groups excluding carboxylic acids is 2. The summed E-state index contributed by atoms with van der Waals surface area (Å²) in [4.78, 5) is 26.7. The average Bonchev–Trinajstić information content (AvgIpc) is 2.55. The molecule has 2 unspecified atom stereocenters. The Morgan fingerprint density at radius 2 is 1.78 bits per heavy atom. The van der Waals surface area contributed by atoms with E-state index in [0.29, 0.717) is 16.9 Å². The van der Waals surface area contributed by atoms with Gasteiger partial charge in [0.1, 0.15) is 12.1 Å². The zero-order valence-electron chi connectivity index (χ0n) is 13.0. The Kier molecular flexibility index (Phi) is 3.88. The number of nitrogens with one attached hydrogen (secondary N) is 1. The van der Waals surface area contributed by atoms with Gasteiger partial charge in [-0.25, -0.2) is 0 Å². The van der Waals surface area contributed by atoms with Crippen LogP contribution in [0.1, 0.15) is 15.9 Å². The van der Waals surface area contributed by atoms with Crippen LogP contribution in [0.15, 0.2) is 48.5 Å². The standard InChI is InChI=1S/C18H18N2O3/c1-11-7-9-12(10-8-11)19-17(22)15-16(21)13-5-3-4-6-14(13)20(2)18(15)23/h3-10,15,18,23H,1-2H3,(H,19,22). The van der Waals surface area contributed by atoms with E-state index in [1.165, 1.54) is 0 Å². The van der Waals surface area contributed by atoms with E-state index in [1.54, 1.807) is 48.3 Å². The quantitative estimate of drug-likeness (QED) is 0.834. The topological polar surface area (TPSA) is 69.6 Å². The van der Waals surface area contributed by atoms with Crippen LogP contribution < -0.4 is 10.2 Å². The molecule has 0 aliphatic carbocycles. The van der Waals surface area contributed by atoms with E-state index >= 15 is 0 Å². The van der Waals surface area contributed by atoms with Gasteiger partial charge >= 0.3 is 0 Å². The van der Waals surface area contributed by atoms with E-state index in [2.05, 4.69) is 5.32 Å². The summed E-state index contributed by atoms with van der Waals surface area (Å²) < 4.78 is 0. The monoisotopic (exact) mass is 310 g/mol. The lowest BCUT2D eigenvalue weighted by atomic mass is 9.89.